The van der Waals surface area contributed by atoms with Crippen molar-refractivity contribution < 1.29 is 30.0 Å². The van der Waals surface area contributed by atoms with Crippen molar-refractivity contribution in [1.82, 2.24) is 0 Å². The molecule has 28 heavy (non-hydrogen) atoms. The Kier molecular flexibility index (Phi) is 12.4. The fraction of sp³-hybridized carbons (Fsp3) is 0.591. The molecule has 0 saturated carbocycles. The average Bonchev–Trinajstić information content (AvgIpc) is 3.04. The highest BCUT2D eigenvalue weighted by Crippen LogP contribution is 2.26. The average molecular weight is 395 g/mol. The Balaban J connectivity index is 2.23. The first-order chi connectivity index (χ1) is 13.4. The third kappa shape index (κ3) is 10.6. The van der Waals surface area contributed by atoms with E-state index < -0.39 is 30.4 Å². The zero-order valence-electron chi connectivity index (χ0n) is 16.6. The topological polar surface area (TPSA) is 107 Å². The molecule has 4 N–H and O–H groups in total. The highest BCUT2D eigenvalue weighted by molar-refractivity contribution is 5.66. The molecule has 158 valence electrons. The minimum absolute atomic E-state index is 0.160. The highest BCUT2D eigenvalue weighted by atomic mass is 16.5. The van der Waals surface area contributed by atoms with Gasteiger partial charge in [-0.2, -0.15) is 0 Å². The normalized spacial score (nSPS) is 25.5. The summed E-state index contributed by atoms with van der Waals surface area (Å²) in [6, 6.07) is 0. The molecule has 0 radical (unpaired) electrons. The molecular weight excluding hydrogens is 360 g/mol. The summed E-state index contributed by atoms with van der Waals surface area (Å²) in [4.78, 5) is 10.4. The fourth-order valence-electron chi connectivity index (χ4n) is 2.79. The van der Waals surface area contributed by atoms with Crippen molar-refractivity contribution in [3.05, 3.63) is 48.6 Å². The Morgan fingerprint density at radius 2 is 1.71 bits per heavy atom. The predicted molar refractivity (Wildman–Crippen MR) is 109 cm³/mol. The molecular formula is C22H34O6. The van der Waals surface area contributed by atoms with E-state index in [4.69, 9.17) is 9.84 Å². The fourth-order valence-corrected chi connectivity index (χ4v) is 2.79. The Morgan fingerprint density at radius 1 is 1.07 bits per heavy atom. The quantitative estimate of drug-likeness (QED) is 0.358. The van der Waals surface area contributed by atoms with Gasteiger partial charge in [0.1, 0.15) is 0 Å². The van der Waals surface area contributed by atoms with Gasteiger partial charge in [0.2, 0.25) is 0 Å². The van der Waals surface area contributed by atoms with Crippen molar-refractivity contribution in [3.8, 4) is 0 Å². The molecule has 1 saturated heterocycles. The van der Waals surface area contributed by atoms with Crippen LogP contribution >= 0.6 is 0 Å². The van der Waals surface area contributed by atoms with Crippen LogP contribution in [0.5, 0.6) is 0 Å². The SMILES string of the molecule is CC[C@@H](O)/C=C/[C@H](O)[C@H]1C[C@@H](O)[C@H](C/C=C\C/C=C\C/C=C\CCC(=O)O)O1. The molecule has 1 aliphatic rings. The lowest BCUT2D eigenvalue weighted by molar-refractivity contribution is -0.136. The summed E-state index contributed by atoms with van der Waals surface area (Å²) in [6.45, 7) is 1.86. The molecule has 0 bridgehead atoms. The number of hydrogen-bond acceptors (Lipinski definition) is 5. The van der Waals surface area contributed by atoms with Crippen LogP contribution < -0.4 is 0 Å². The molecule has 0 aromatic rings. The van der Waals surface area contributed by atoms with Crippen molar-refractivity contribution in [2.75, 3.05) is 0 Å². The van der Waals surface area contributed by atoms with E-state index in [2.05, 4.69) is 0 Å². The Bertz CT molecular complexity index is 551. The minimum Gasteiger partial charge on any atom is -0.481 e. The van der Waals surface area contributed by atoms with Gasteiger partial charge >= 0.3 is 5.97 Å². The number of rotatable bonds is 13. The Labute approximate surface area is 167 Å². The van der Waals surface area contributed by atoms with Crippen LogP contribution in [0.1, 0.15) is 51.9 Å². The van der Waals surface area contributed by atoms with Gasteiger partial charge in [-0.25, -0.2) is 0 Å². The van der Waals surface area contributed by atoms with Crippen LogP contribution in [0.2, 0.25) is 0 Å². The Hall–Kier alpha value is -1.73. The lowest BCUT2D eigenvalue weighted by Crippen LogP contribution is -2.24. The maximum atomic E-state index is 10.4. The zero-order valence-corrected chi connectivity index (χ0v) is 16.6. The molecule has 6 nitrogen and oxygen atoms in total. The summed E-state index contributed by atoms with van der Waals surface area (Å²) in [5.74, 6) is -0.783. The van der Waals surface area contributed by atoms with E-state index >= 15 is 0 Å². The molecule has 0 amide bonds. The van der Waals surface area contributed by atoms with Crippen LogP contribution in [-0.2, 0) is 9.53 Å². The summed E-state index contributed by atoms with van der Waals surface area (Å²) in [6.07, 6.45) is 15.9. The summed E-state index contributed by atoms with van der Waals surface area (Å²) in [7, 11) is 0. The van der Waals surface area contributed by atoms with Gasteiger partial charge in [0.25, 0.3) is 0 Å². The number of carboxylic acid groups (broad SMARTS) is 1. The molecule has 0 aromatic carbocycles. The lowest BCUT2D eigenvalue weighted by Gasteiger charge is -2.16. The van der Waals surface area contributed by atoms with Crippen molar-refractivity contribution in [2.45, 2.75) is 82.4 Å². The van der Waals surface area contributed by atoms with Gasteiger partial charge in [0.15, 0.2) is 0 Å². The second kappa shape index (κ2) is 14.3. The number of aliphatic carboxylic acids is 1. The van der Waals surface area contributed by atoms with Crippen LogP contribution in [-0.4, -0.2) is 56.9 Å². The molecule has 0 unspecified atom stereocenters. The van der Waals surface area contributed by atoms with Crippen molar-refractivity contribution >= 4 is 5.97 Å². The van der Waals surface area contributed by atoms with E-state index in [1.165, 1.54) is 6.08 Å². The van der Waals surface area contributed by atoms with Gasteiger partial charge in [-0.1, -0.05) is 55.5 Å². The smallest absolute Gasteiger partial charge is 0.303 e. The molecule has 1 heterocycles. The van der Waals surface area contributed by atoms with Crippen LogP contribution in [0.25, 0.3) is 0 Å². The molecule has 1 fully saturated rings. The van der Waals surface area contributed by atoms with Crippen LogP contribution in [0, 0.1) is 0 Å². The molecule has 0 aliphatic carbocycles. The van der Waals surface area contributed by atoms with Crippen molar-refractivity contribution in [2.24, 2.45) is 0 Å². The summed E-state index contributed by atoms with van der Waals surface area (Å²) in [5.41, 5.74) is 0. The lowest BCUT2D eigenvalue weighted by atomic mass is 10.0. The van der Waals surface area contributed by atoms with Crippen LogP contribution in [0.15, 0.2) is 48.6 Å². The van der Waals surface area contributed by atoms with E-state index in [9.17, 15) is 20.1 Å². The van der Waals surface area contributed by atoms with E-state index in [-0.39, 0.29) is 12.5 Å². The van der Waals surface area contributed by atoms with Crippen molar-refractivity contribution in [3.63, 3.8) is 0 Å². The van der Waals surface area contributed by atoms with E-state index in [0.29, 0.717) is 25.7 Å². The van der Waals surface area contributed by atoms with Gasteiger partial charge in [0, 0.05) is 12.8 Å². The third-order valence-corrected chi connectivity index (χ3v) is 4.52. The number of hydrogen-bond donors (Lipinski definition) is 4. The van der Waals surface area contributed by atoms with Crippen LogP contribution in [0.3, 0.4) is 0 Å². The summed E-state index contributed by atoms with van der Waals surface area (Å²) in [5, 5.41) is 38.2. The molecule has 5 atom stereocenters. The largest absolute Gasteiger partial charge is 0.481 e. The monoisotopic (exact) mass is 394 g/mol. The maximum absolute atomic E-state index is 10.4. The second-order valence-electron chi connectivity index (χ2n) is 6.92. The number of aliphatic hydroxyl groups is 3. The van der Waals surface area contributed by atoms with Gasteiger partial charge in [-0.3, -0.25) is 4.79 Å². The van der Waals surface area contributed by atoms with Gasteiger partial charge < -0.3 is 25.2 Å². The maximum Gasteiger partial charge on any atom is 0.303 e. The summed E-state index contributed by atoms with van der Waals surface area (Å²) < 4.78 is 5.75. The minimum atomic E-state index is -0.837. The van der Waals surface area contributed by atoms with E-state index in [1.807, 2.05) is 43.4 Å². The van der Waals surface area contributed by atoms with Crippen molar-refractivity contribution in [1.29, 1.82) is 0 Å². The first kappa shape index (κ1) is 24.3. The Morgan fingerprint density at radius 3 is 2.36 bits per heavy atom. The standard InChI is InChI=1S/C22H34O6/c1-2-17(23)14-15-18(24)21-16-19(25)20(28-21)12-10-8-6-4-3-5-7-9-11-13-22(26)27/h3-4,7-10,14-15,17-21,23-25H,2,5-6,11-13,16H2,1H3,(H,26,27)/b4-3-,9-7-,10-8-,15-14+/t17-,18+,19-,20+,21-/m1/s1. The number of allylic oxidation sites excluding steroid dienone is 5. The van der Waals surface area contributed by atoms with Gasteiger partial charge in [-0.15, -0.1) is 0 Å². The zero-order chi connectivity index (χ0) is 20.8. The highest BCUT2D eigenvalue weighted by Gasteiger charge is 2.36. The molecule has 6 heteroatoms. The number of carboxylic acids is 1. The van der Waals surface area contributed by atoms with Gasteiger partial charge in [-0.05, 0) is 32.1 Å². The number of carbonyl (C=O) groups is 1. The molecule has 1 rings (SSSR count). The van der Waals surface area contributed by atoms with Crippen LogP contribution in [0.4, 0.5) is 0 Å². The molecule has 0 aromatic heterocycles. The van der Waals surface area contributed by atoms with E-state index in [1.54, 1.807) is 6.08 Å². The van der Waals surface area contributed by atoms with Gasteiger partial charge in [0.05, 0.1) is 30.5 Å². The first-order valence-electron chi connectivity index (χ1n) is 9.98. The predicted octanol–water partition coefficient (Wildman–Crippen LogP) is 2.90. The number of ether oxygens (including phenoxy) is 1. The third-order valence-electron chi connectivity index (χ3n) is 4.52. The number of aliphatic hydroxyl groups excluding tert-OH is 3. The second-order valence-corrected chi connectivity index (χ2v) is 6.92. The molecule has 1 aliphatic heterocycles. The molecule has 0 spiro atoms. The van der Waals surface area contributed by atoms with E-state index in [0.717, 1.165) is 12.8 Å². The first-order valence-corrected chi connectivity index (χ1v) is 9.98. The summed E-state index contributed by atoms with van der Waals surface area (Å²) >= 11 is 0.